The molecule has 1 aromatic carbocycles. The molecule has 0 aromatic heterocycles. The molecule has 1 aromatic rings. The molecule has 0 amide bonds. The lowest BCUT2D eigenvalue weighted by Gasteiger charge is -2.29. The van der Waals surface area contributed by atoms with Crippen molar-refractivity contribution in [3.63, 3.8) is 0 Å². The SMILES string of the molecule is CN1CCC(CNCc2cccc3c2OCCCO3)CC1. The summed E-state index contributed by atoms with van der Waals surface area (Å²) in [6.07, 6.45) is 3.56. The molecule has 0 saturated carbocycles. The summed E-state index contributed by atoms with van der Waals surface area (Å²) in [7, 11) is 2.21. The van der Waals surface area contributed by atoms with Crippen molar-refractivity contribution in [3.05, 3.63) is 23.8 Å². The van der Waals surface area contributed by atoms with E-state index >= 15 is 0 Å². The van der Waals surface area contributed by atoms with Crippen molar-refractivity contribution in [1.29, 1.82) is 0 Å². The molecule has 116 valence electrons. The Morgan fingerprint density at radius 2 is 2.00 bits per heavy atom. The Balaban J connectivity index is 1.53. The molecule has 2 aliphatic heterocycles. The maximum atomic E-state index is 5.86. The minimum absolute atomic E-state index is 0.749. The average molecular weight is 290 g/mol. The predicted octanol–water partition coefficient (Wildman–Crippen LogP) is 2.28. The van der Waals surface area contributed by atoms with Crippen LogP contribution < -0.4 is 14.8 Å². The maximum absolute atomic E-state index is 5.86. The molecule has 1 saturated heterocycles. The molecule has 3 rings (SSSR count). The largest absolute Gasteiger partial charge is 0.490 e. The minimum atomic E-state index is 0.749. The number of nitrogens with zero attached hydrogens (tertiary/aromatic N) is 1. The van der Waals surface area contributed by atoms with E-state index in [1.807, 2.05) is 6.07 Å². The second kappa shape index (κ2) is 7.14. The fourth-order valence-electron chi connectivity index (χ4n) is 3.07. The van der Waals surface area contributed by atoms with Gasteiger partial charge in [-0.1, -0.05) is 12.1 Å². The fourth-order valence-corrected chi connectivity index (χ4v) is 3.07. The molecule has 4 heteroatoms. The second-order valence-electron chi connectivity index (χ2n) is 6.17. The monoisotopic (exact) mass is 290 g/mol. The molecule has 21 heavy (non-hydrogen) atoms. The Morgan fingerprint density at radius 3 is 2.86 bits per heavy atom. The fraction of sp³-hybridized carbons (Fsp3) is 0.647. The molecule has 2 heterocycles. The number of piperidine rings is 1. The number of hydrogen-bond acceptors (Lipinski definition) is 4. The van der Waals surface area contributed by atoms with Gasteiger partial charge < -0.3 is 19.7 Å². The predicted molar refractivity (Wildman–Crippen MR) is 84.0 cm³/mol. The van der Waals surface area contributed by atoms with E-state index in [0.29, 0.717) is 0 Å². The molecule has 1 fully saturated rings. The van der Waals surface area contributed by atoms with Crippen LogP contribution in [0.3, 0.4) is 0 Å². The van der Waals surface area contributed by atoms with E-state index in [-0.39, 0.29) is 0 Å². The van der Waals surface area contributed by atoms with Crippen LogP contribution in [0.4, 0.5) is 0 Å². The van der Waals surface area contributed by atoms with Gasteiger partial charge in [-0.25, -0.2) is 0 Å². The van der Waals surface area contributed by atoms with Crippen molar-refractivity contribution in [3.8, 4) is 11.5 Å². The Kier molecular flexibility index (Phi) is 4.99. The summed E-state index contributed by atoms with van der Waals surface area (Å²) in [4.78, 5) is 2.42. The van der Waals surface area contributed by atoms with Crippen LogP contribution in [0.5, 0.6) is 11.5 Å². The summed E-state index contributed by atoms with van der Waals surface area (Å²) >= 11 is 0. The summed E-state index contributed by atoms with van der Waals surface area (Å²) in [5.74, 6) is 2.64. The van der Waals surface area contributed by atoms with Crippen molar-refractivity contribution in [2.24, 2.45) is 5.92 Å². The third kappa shape index (κ3) is 3.89. The van der Waals surface area contributed by atoms with Crippen LogP contribution in [-0.4, -0.2) is 44.8 Å². The molecule has 0 spiro atoms. The van der Waals surface area contributed by atoms with Crippen molar-refractivity contribution in [2.75, 3.05) is 39.9 Å². The number of rotatable bonds is 4. The number of hydrogen-bond donors (Lipinski definition) is 1. The highest BCUT2D eigenvalue weighted by Crippen LogP contribution is 2.33. The van der Waals surface area contributed by atoms with Gasteiger partial charge in [0, 0.05) is 18.5 Å². The molecule has 0 atom stereocenters. The first-order valence-electron chi connectivity index (χ1n) is 8.09. The van der Waals surface area contributed by atoms with Gasteiger partial charge in [-0.2, -0.15) is 0 Å². The average Bonchev–Trinajstić information content (AvgIpc) is 2.75. The number of para-hydroxylation sites is 1. The highest BCUT2D eigenvalue weighted by Gasteiger charge is 2.17. The lowest BCUT2D eigenvalue weighted by molar-refractivity contribution is 0.215. The smallest absolute Gasteiger partial charge is 0.165 e. The Hall–Kier alpha value is -1.26. The number of benzene rings is 1. The molecular weight excluding hydrogens is 264 g/mol. The first-order valence-corrected chi connectivity index (χ1v) is 8.09. The van der Waals surface area contributed by atoms with Crippen LogP contribution in [0.1, 0.15) is 24.8 Å². The number of nitrogens with one attached hydrogen (secondary N) is 1. The molecule has 2 aliphatic rings. The van der Waals surface area contributed by atoms with Crippen LogP contribution in [0.25, 0.3) is 0 Å². The Morgan fingerprint density at radius 1 is 1.19 bits per heavy atom. The molecule has 0 bridgehead atoms. The maximum Gasteiger partial charge on any atom is 0.165 e. The molecule has 0 aliphatic carbocycles. The van der Waals surface area contributed by atoms with Crippen LogP contribution in [0.15, 0.2) is 18.2 Å². The van der Waals surface area contributed by atoms with E-state index < -0.39 is 0 Å². The van der Waals surface area contributed by atoms with E-state index in [1.165, 1.54) is 31.5 Å². The summed E-state index contributed by atoms with van der Waals surface area (Å²) in [5.41, 5.74) is 1.21. The van der Waals surface area contributed by atoms with Gasteiger partial charge in [0.1, 0.15) is 0 Å². The summed E-state index contributed by atoms with van der Waals surface area (Å²) in [5, 5.41) is 3.60. The van der Waals surface area contributed by atoms with E-state index in [1.54, 1.807) is 0 Å². The van der Waals surface area contributed by atoms with E-state index in [4.69, 9.17) is 9.47 Å². The summed E-state index contributed by atoms with van der Waals surface area (Å²) in [6.45, 7) is 5.91. The third-order valence-electron chi connectivity index (χ3n) is 4.44. The van der Waals surface area contributed by atoms with Gasteiger partial charge in [0.15, 0.2) is 11.5 Å². The van der Waals surface area contributed by atoms with Gasteiger partial charge in [0.05, 0.1) is 13.2 Å². The minimum Gasteiger partial charge on any atom is -0.490 e. The van der Waals surface area contributed by atoms with Gasteiger partial charge in [0.25, 0.3) is 0 Å². The van der Waals surface area contributed by atoms with Crippen molar-refractivity contribution < 1.29 is 9.47 Å². The second-order valence-corrected chi connectivity index (χ2v) is 6.17. The lowest BCUT2D eigenvalue weighted by Crippen LogP contribution is -2.34. The first-order chi connectivity index (χ1) is 10.3. The lowest BCUT2D eigenvalue weighted by atomic mass is 9.97. The van der Waals surface area contributed by atoms with Gasteiger partial charge in [-0.15, -0.1) is 0 Å². The molecular formula is C17H26N2O2. The third-order valence-corrected chi connectivity index (χ3v) is 4.44. The van der Waals surface area contributed by atoms with Gasteiger partial charge in [-0.3, -0.25) is 0 Å². The standard InChI is InChI=1S/C17H26N2O2/c1-19-8-6-14(7-9-19)12-18-13-15-4-2-5-16-17(15)21-11-3-10-20-16/h2,4-5,14,18H,3,6-13H2,1H3. The number of fused-ring (bicyclic) bond motifs is 1. The number of ether oxygens (including phenoxy) is 2. The summed E-state index contributed by atoms with van der Waals surface area (Å²) < 4.78 is 11.6. The molecule has 0 unspecified atom stereocenters. The zero-order chi connectivity index (χ0) is 14.5. The van der Waals surface area contributed by atoms with Crippen molar-refractivity contribution >= 4 is 0 Å². The van der Waals surface area contributed by atoms with Crippen LogP contribution in [-0.2, 0) is 6.54 Å². The highest BCUT2D eigenvalue weighted by atomic mass is 16.5. The first kappa shape index (κ1) is 14.7. The van der Waals surface area contributed by atoms with E-state index in [9.17, 15) is 0 Å². The highest BCUT2D eigenvalue weighted by molar-refractivity contribution is 5.47. The molecule has 1 N–H and O–H groups in total. The van der Waals surface area contributed by atoms with Gasteiger partial charge >= 0.3 is 0 Å². The summed E-state index contributed by atoms with van der Waals surface area (Å²) in [6, 6.07) is 6.19. The zero-order valence-electron chi connectivity index (χ0n) is 12.9. The van der Waals surface area contributed by atoms with Crippen LogP contribution in [0.2, 0.25) is 0 Å². The topological polar surface area (TPSA) is 33.7 Å². The van der Waals surface area contributed by atoms with E-state index in [0.717, 1.165) is 50.1 Å². The zero-order valence-corrected chi connectivity index (χ0v) is 12.9. The van der Waals surface area contributed by atoms with Crippen LogP contribution in [0, 0.1) is 5.92 Å². The van der Waals surface area contributed by atoms with Gasteiger partial charge in [0.2, 0.25) is 0 Å². The van der Waals surface area contributed by atoms with Crippen molar-refractivity contribution in [2.45, 2.75) is 25.8 Å². The normalized spacial score (nSPS) is 20.2. The van der Waals surface area contributed by atoms with Crippen LogP contribution >= 0.6 is 0 Å². The van der Waals surface area contributed by atoms with E-state index in [2.05, 4.69) is 29.4 Å². The Labute approximate surface area is 127 Å². The molecule has 4 nitrogen and oxygen atoms in total. The van der Waals surface area contributed by atoms with Crippen molar-refractivity contribution in [1.82, 2.24) is 10.2 Å². The number of likely N-dealkylation sites (tertiary alicyclic amines) is 1. The Bertz CT molecular complexity index is 456. The van der Waals surface area contributed by atoms with Gasteiger partial charge in [-0.05, 0) is 51.5 Å². The molecule has 0 radical (unpaired) electrons. The quantitative estimate of drug-likeness (QED) is 0.922.